The van der Waals surface area contributed by atoms with Crippen molar-refractivity contribution in [1.29, 1.82) is 0 Å². The van der Waals surface area contributed by atoms with Crippen molar-refractivity contribution < 1.29 is 14.2 Å². The number of piperidine rings is 1. The van der Waals surface area contributed by atoms with Gasteiger partial charge in [0.2, 0.25) is 6.79 Å². The Balaban J connectivity index is 1.11. The van der Waals surface area contributed by atoms with Gasteiger partial charge in [-0.05, 0) is 61.5 Å². The van der Waals surface area contributed by atoms with Crippen LogP contribution in [0.1, 0.15) is 36.3 Å². The van der Waals surface area contributed by atoms with Crippen molar-refractivity contribution in [1.82, 2.24) is 4.90 Å². The van der Waals surface area contributed by atoms with Gasteiger partial charge < -0.3 is 19.1 Å². The van der Waals surface area contributed by atoms with E-state index in [-0.39, 0.29) is 0 Å². The third kappa shape index (κ3) is 4.91. The van der Waals surface area contributed by atoms with Gasteiger partial charge in [-0.2, -0.15) is 0 Å². The van der Waals surface area contributed by atoms with Crippen LogP contribution in [0.25, 0.3) is 0 Å². The monoisotopic (exact) mass is 429 g/mol. The molecule has 4 heteroatoms. The summed E-state index contributed by atoms with van der Waals surface area (Å²) in [4.78, 5) is 2.59. The summed E-state index contributed by atoms with van der Waals surface area (Å²) in [5.41, 5.74) is 2.88. The van der Waals surface area contributed by atoms with Crippen LogP contribution in [0.2, 0.25) is 0 Å². The minimum atomic E-state index is 0.296. The molecule has 2 aliphatic rings. The molecule has 0 radical (unpaired) electrons. The molecule has 0 saturated carbocycles. The molecule has 0 amide bonds. The molecule has 2 aliphatic heterocycles. The van der Waals surface area contributed by atoms with E-state index in [0.29, 0.717) is 18.6 Å². The lowest BCUT2D eigenvalue weighted by Crippen LogP contribution is -2.36. The Hall–Kier alpha value is -2.98. The minimum Gasteiger partial charge on any atom is -0.493 e. The van der Waals surface area contributed by atoms with Gasteiger partial charge in [0.25, 0.3) is 0 Å². The summed E-state index contributed by atoms with van der Waals surface area (Å²) in [5.74, 6) is 3.58. The third-order valence-corrected chi connectivity index (χ3v) is 6.65. The van der Waals surface area contributed by atoms with E-state index >= 15 is 0 Å². The summed E-state index contributed by atoms with van der Waals surface area (Å²) in [7, 11) is 0. The first-order chi connectivity index (χ1) is 15.9. The van der Waals surface area contributed by atoms with Gasteiger partial charge in [0, 0.05) is 18.5 Å². The second-order valence-corrected chi connectivity index (χ2v) is 8.70. The van der Waals surface area contributed by atoms with Crippen molar-refractivity contribution >= 4 is 0 Å². The van der Waals surface area contributed by atoms with E-state index in [1.807, 2.05) is 18.2 Å². The lowest BCUT2D eigenvalue weighted by atomic mass is 9.76. The molecule has 0 aliphatic carbocycles. The standard InChI is InChI=1S/C28H31NO3/c1-3-8-22(9-4-1)28(23-10-5-2-6-11-23)24-14-17-29(18-15-24)16-7-19-30-25-12-13-26-27(20-25)32-21-31-26/h1-6,8-13,20,24,28H,7,14-19,21H2. The van der Waals surface area contributed by atoms with Crippen molar-refractivity contribution in [3.05, 3.63) is 90.0 Å². The van der Waals surface area contributed by atoms with E-state index in [1.54, 1.807) is 0 Å². The van der Waals surface area contributed by atoms with Crippen LogP contribution in [0.5, 0.6) is 17.2 Å². The predicted octanol–water partition coefficient (Wildman–Crippen LogP) is 5.73. The number of hydrogen-bond acceptors (Lipinski definition) is 4. The number of fused-ring (bicyclic) bond motifs is 1. The first-order valence-corrected chi connectivity index (χ1v) is 11.7. The van der Waals surface area contributed by atoms with Crippen molar-refractivity contribution in [3.8, 4) is 17.2 Å². The zero-order chi connectivity index (χ0) is 21.6. The highest BCUT2D eigenvalue weighted by atomic mass is 16.7. The van der Waals surface area contributed by atoms with Crippen LogP contribution in [-0.2, 0) is 0 Å². The largest absolute Gasteiger partial charge is 0.493 e. The summed E-state index contributed by atoms with van der Waals surface area (Å²) in [6.07, 6.45) is 3.49. The van der Waals surface area contributed by atoms with Crippen LogP contribution < -0.4 is 14.2 Å². The maximum absolute atomic E-state index is 5.94. The van der Waals surface area contributed by atoms with Gasteiger partial charge in [-0.1, -0.05) is 60.7 Å². The first kappa shape index (κ1) is 20.9. The van der Waals surface area contributed by atoms with E-state index in [1.165, 1.54) is 24.0 Å². The average molecular weight is 430 g/mol. The molecule has 0 N–H and O–H groups in total. The molecule has 3 aromatic carbocycles. The fourth-order valence-corrected chi connectivity index (χ4v) is 5.01. The first-order valence-electron chi connectivity index (χ1n) is 11.7. The molecule has 0 atom stereocenters. The molecule has 0 bridgehead atoms. The van der Waals surface area contributed by atoms with Gasteiger partial charge in [-0.25, -0.2) is 0 Å². The van der Waals surface area contributed by atoms with Gasteiger partial charge >= 0.3 is 0 Å². The number of rotatable bonds is 8. The van der Waals surface area contributed by atoms with E-state index in [0.717, 1.165) is 49.9 Å². The molecular formula is C28H31NO3. The van der Waals surface area contributed by atoms with E-state index in [4.69, 9.17) is 14.2 Å². The molecule has 4 nitrogen and oxygen atoms in total. The maximum Gasteiger partial charge on any atom is 0.231 e. The number of likely N-dealkylation sites (tertiary alicyclic amines) is 1. The quantitative estimate of drug-likeness (QED) is 0.428. The number of hydrogen-bond donors (Lipinski definition) is 0. The Morgan fingerprint density at radius 2 is 1.47 bits per heavy atom. The minimum absolute atomic E-state index is 0.296. The lowest BCUT2D eigenvalue weighted by Gasteiger charge is -2.36. The van der Waals surface area contributed by atoms with Crippen LogP contribution in [0, 0.1) is 5.92 Å². The molecule has 0 unspecified atom stereocenters. The number of ether oxygens (including phenoxy) is 3. The highest BCUT2D eigenvalue weighted by Crippen LogP contribution is 2.38. The van der Waals surface area contributed by atoms with Crippen LogP contribution in [0.15, 0.2) is 78.9 Å². The summed E-state index contributed by atoms with van der Waals surface area (Å²) in [5, 5.41) is 0. The van der Waals surface area contributed by atoms with Gasteiger partial charge in [-0.3, -0.25) is 0 Å². The van der Waals surface area contributed by atoms with Crippen LogP contribution in [0.3, 0.4) is 0 Å². The molecule has 3 aromatic rings. The Bertz CT molecular complexity index is 945. The smallest absolute Gasteiger partial charge is 0.231 e. The van der Waals surface area contributed by atoms with Crippen molar-refractivity contribution in [2.75, 3.05) is 33.0 Å². The summed E-state index contributed by atoms with van der Waals surface area (Å²) >= 11 is 0. The summed E-state index contributed by atoms with van der Waals surface area (Å²) in [6, 6.07) is 27.8. The van der Waals surface area contributed by atoms with Gasteiger partial charge in [-0.15, -0.1) is 0 Å². The Morgan fingerprint density at radius 1 is 0.812 bits per heavy atom. The van der Waals surface area contributed by atoms with Gasteiger partial charge in [0.05, 0.1) is 6.61 Å². The van der Waals surface area contributed by atoms with E-state index in [9.17, 15) is 0 Å². The predicted molar refractivity (Wildman–Crippen MR) is 127 cm³/mol. The average Bonchev–Trinajstić information content (AvgIpc) is 3.32. The third-order valence-electron chi connectivity index (χ3n) is 6.65. The highest BCUT2D eigenvalue weighted by molar-refractivity contribution is 5.46. The lowest BCUT2D eigenvalue weighted by molar-refractivity contribution is 0.163. The zero-order valence-corrected chi connectivity index (χ0v) is 18.5. The van der Waals surface area contributed by atoms with Crippen LogP contribution in [-0.4, -0.2) is 37.9 Å². The Kier molecular flexibility index (Phi) is 6.59. The molecule has 32 heavy (non-hydrogen) atoms. The normalized spacial score (nSPS) is 16.4. The number of nitrogens with zero attached hydrogens (tertiary/aromatic N) is 1. The van der Waals surface area contributed by atoms with Crippen LogP contribution >= 0.6 is 0 Å². The van der Waals surface area contributed by atoms with Crippen molar-refractivity contribution in [2.45, 2.75) is 25.2 Å². The Morgan fingerprint density at radius 3 is 2.16 bits per heavy atom. The Labute approximate surface area is 190 Å². The number of benzene rings is 3. The molecule has 5 rings (SSSR count). The van der Waals surface area contributed by atoms with E-state index < -0.39 is 0 Å². The van der Waals surface area contributed by atoms with Crippen molar-refractivity contribution in [2.24, 2.45) is 5.92 Å². The van der Waals surface area contributed by atoms with Gasteiger partial charge in [0.1, 0.15) is 5.75 Å². The maximum atomic E-state index is 5.94. The van der Waals surface area contributed by atoms with Crippen LogP contribution in [0.4, 0.5) is 0 Å². The highest BCUT2D eigenvalue weighted by Gasteiger charge is 2.28. The molecule has 0 aromatic heterocycles. The second-order valence-electron chi connectivity index (χ2n) is 8.70. The van der Waals surface area contributed by atoms with E-state index in [2.05, 4.69) is 65.6 Å². The second kappa shape index (κ2) is 10.1. The SMILES string of the molecule is c1ccc(C(c2ccccc2)C2CCN(CCCOc3ccc4c(c3)OCO4)CC2)cc1. The molecule has 1 saturated heterocycles. The molecule has 166 valence electrons. The van der Waals surface area contributed by atoms with Crippen molar-refractivity contribution in [3.63, 3.8) is 0 Å². The van der Waals surface area contributed by atoms with Gasteiger partial charge in [0.15, 0.2) is 11.5 Å². The zero-order valence-electron chi connectivity index (χ0n) is 18.5. The fourth-order valence-electron chi connectivity index (χ4n) is 5.01. The molecular weight excluding hydrogens is 398 g/mol. The molecule has 0 spiro atoms. The molecule has 1 fully saturated rings. The molecule has 2 heterocycles. The topological polar surface area (TPSA) is 30.9 Å². The summed E-state index contributed by atoms with van der Waals surface area (Å²) < 4.78 is 16.7. The fraction of sp³-hybridized carbons (Fsp3) is 0.357. The summed E-state index contributed by atoms with van der Waals surface area (Å²) in [6.45, 7) is 4.41.